The van der Waals surface area contributed by atoms with Crippen LogP contribution in [-0.4, -0.2) is 47.0 Å². The van der Waals surface area contributed by atoms with Gasteiger partial charge in [-0.25, -0.2) is 14.8 Å². The van der Waals surface area contributed by atoms with Gasteiger partial charge in [-0.1, -0.05) is 36.4 Å². The van der Waals surface area contributed by atoms with Gasteiger partial charge in [-0.05, 0) is 24.3 Å². The maximum absolute atomic E-state index is 11.8. The molecular weight excluding hydrogens is 434 g/mol. The lowest BCUT2D eigenvalue weighted by Gasteiger charge is -2.09. The van der Waals surface area contributed by atoms with Crippen LogP contribution in [0.3, 0.4) is 0 Å². The van der Waals surface area contributed by atoms with Crippen molar-refractivity contribution in [2.24, 2.45) is 0 Å². The topological polar surface area (TPSA) is 118 Å². The molecule has 2 heterocycles. The molecule has 0 atom stereocenters. The Morgan fingerprint density at radius 1 is 1.00 bits per heavy atom. The van der Waals surface area contributed by atoms with E-state index in [1.807, 2.05) is 36.4 Å². The van der Waals surface area contributed by atoms with Crippen LogP contribution in [0.1, 0.15) is 23.0 Å². The number of benzene rings is 2. The zero-order chi connectivity index (χ0) is 23.9. The second-order valence-corrected chi connectivity index (χ2v) is 7.54. The third-order valence-electron chi connectivity index (χ3n) is 5.02. The number of H-pyrrole nitrogens is 1. The average molecular weight is 460 g/mol. The van der Waals surface area contributed by atoms with Crippen molar-refractivity contribution in [3.63, 3.8) is 0 Å². The van der Waals surface area contributed by atoms with Gasteiger partial charge in [0.25, 0.3) is 0 Å². The number of aromatic nitrogens is 3. The number of esters is 1. The van der Waals surface area contributed by atoms with Crippen molar-refractivity contribution in [2.75, 3.05) is 25.5 Å². The van der Waals surface area contributed by atoms with Gasteiger partial charge in [-0.3, -0.25) is 4.79 Å². The molecule has 4 rings (SSSR count). The summed E-state index contributed by atoms with van der Waals surface area (Å²) in [5.41, 5.74) is 2.77. The summed E-state index contributed by atoms with van der Waals surface area (Å²) in [7, 11) is 1.34. The predicted molar refractivity (Wildman–Crippen MR) is 129 cm³/mol. The summed E-state index contributed by atoms with van der Waals surface area (Å²) in [6.45, 7) is 2.71. The fourth-order valence-electron chi connectivity index (χ4n) is 3.40. The SMILES string of the molecule is COC(=O)c1cccc(OCc2cc3c(NCCNC(C)=O)nc(-c4ccccc4)nc3[nH]2)c1. The number of hydrogen-bond donors (Lipinski definition) is 3. The third-order valence-corrected chi connectivity index (χ3v) is 5.02. The van der Waals surface area contributed by atoms with Gasteiger partial charge in [-0.2, -0.15) is 0 Å². The fraction of sp³-hybridized carbons (Fsp3) is 0.200. The Morgan fingerprint density at radius 3 is 2.59 bits per heavy atom. The lowest BCUT2D eigenvalue weighted by molar-refractivity contribution is -0.118. The summed E-state index contributed by atoms with van der Waals surface area (Å²) < 4.78 is 10.6. The Balaban J connectivity index is 1.58. The van der Waals surface area contributed by atoms with Crippen molar-refractivity contribution < 1.29 is 19.1 Å². The minimum atomic E-state index is -0.422. The molecule has 0 unspecified atom stereocenters. The van der Waals surface area contributed by atoms with Gasteiger partial charge in [0.1, 0.15) is 23.8 Å². The highest BCUT2D eigenvalue weighted by Gasteiger charge is 2.13. The highest BCUT2D eigenvalue weighted by molar-refractivity contribution is 5.90. The summed E-state index contributed by atoms with van der Waals surface area (Å²) in [6, 6.07) is 18.4. The number of carbonyl (C=O) groups excluding carboxylic acids is 2. The summed E-state index contributed by atoms with van der Waals surface area (Å²) in [5, 5.41) is 6.86. The molecule has 1 amide bonds. The van der Waals surface area contributed by atoms with E-state index in [4.69, 9.17) is 19.4 Å². The van der Waals surface area contributed by atoms with E-state index in [0.29, 0.717) is 41.7 Å². The molecule has 9 heteroatoms. The molecule has 0 aliphatic rings. The molecule has 0 aliphatic heterocycles. The van der Waals surface area contributed by atoms with Gasteiger partial charge < -0.3 is 25.1 Å². The molecule has 4 aromatic rings. The first-order valence-corrected chi connectivity index (χ1v) is 10.8. The third kappa shape index (κ3) is 5.50. The molecule has 0 fully saturated rings. The summed E-state index contributed by atoms with van der Waals surface area (Å²) >= 11 is 0. The average Bonchev–Trinajstić information content (AvgIpc) is 3.28. The minimum Gasteiger partial charge on any atom is -0.487 e. The largest absolute Gasteiger partial charge is 0.487 e. The standard InChI is InChI=1S/C25H25N5O4/c1-16(31)26-11-12-27-23-21-14-19(15-34-20-10-6-9-18(13-20)25(32)33-2)28-24(21)30-22(29-23)17-7-4-3-5-8-17/h3-10,13-14H,11-12,15H2,1-2H3,(H,26,31)(H2,27,28,29,30). The number of aromatic amines is 1. The fourth-order valence-corrected chi connectivity index (χ4v) is 3.40. The van der Waals surface area contributed by atoms with Crippen molar-refractivity contribution in [2.45, 2.75) is 13.5 Å². The van der Waals surface area contributed by atoms with Gasteiger partial charge in [0.2, 0.25) is 5.91 Å². The molecule has 0 radical (unpaired) electrons. The van der Waals surface area contributed by atoms with E-state index in [9.17, 15) is 9.59 Å². The minimum absolute atomic E-state index is 0.0862. The number of hydrogen-bond acceptors (Lipinski definition) is 7. The lowest BCUT2D eigenvalue weighted by atomic mass is 10.2. The first kappa shape index (κ1) is 22.8. The van der Waals surface area contributed by atoms with Crippen LogP contribution in [0.25, 0.3) is 22.4 Å². The van der Waals surface area contributed by atoms with Crippen LogP contribution in [0, 0.1) is 0 Å². The summed E-state index contributed by atoms with van der Waals surface area (Å²) in [5.74, 6) is 1.28. The predicted octanol–water partition coefficient (Wildman–Crippen LogP) is 3.54. The van der Waals surface area contributed by atoms with E-state index >= 15 is 0 Å². The van der Waals surface area contributed by atoms with Crippen LogP contribution in [0.15, 0.2) is 60.7 Å². The smallest absolute Gasteiger partial charge is 0.337 e. The monoisotopic (exact) mass is 459 g/mol. The van der Waals surface area contributed by atoms with Crippen molar-refractivity contribution in [3.8, 4) is 17.1 Å². The van der Waals surface area contributed by atoms with E-state index in [0.717, 1.165) is 16.6 Å². The summed E-state index contributed by atoms with van der Waals surface area (Å²) in [4.78, 5) is 35.6. The first-order valence-electron chi connectivity index (χ1n) is 10.8. The first-order chi connectivity index (χ1) is 16.5. The number of fused-ring (bicyclic) bond motifs is 1. The van der Waals surface area contributed by atoms with Crippen LogP contribution < -0.4 is 15.4 Å². The quantitative estimate of drug-likeness (QED) is 0.259. The highest BCUT2D eigenvalue weighted by Crippen LogP contribution is 2.26. The van der Waals surface area contributed by atoms with E-state index < -0.39 is 5.97 Å². The zero-order valence-electron chi connectivity index (χ0n) is 18.9. The van der Waals surface area contributed by atoms with Crippen LogP contribution in [0.2, 0.25) is 0 Å². The van der Waals surface area contributed by atoms with Gasteiger partial charge >= 0.3 is 5.97 Å². The zero-order valence-corrected chi connectivity index (χ0v) is 18.9. The van der Waals surface area contributed by atoms with Crippen LogP contribution in [0.4, 0.5) is 5.82 Å². The molecule has 2 aromatic carbocycles. The van der Waals surface area contributed by atoms with Gasteiger partial charge in [0.05, 0.1) is 23.8 Å². The molecule has 174 valence electrons. The molecule has 34 heavy (non-hydrogen) atoms. The Morgan fingerprint density at radius 2 is 1.82 bits per heavy atom. The number of methoxy groups -OCH3 is 1. The second kappa shape index (κ2) is 10.5. The van der Waals surface area contributed by atoms with E-state index in [-0.39, 0.29) is 12.5 Å². The van der Waals surface area contributed by atoms with Crippen LogP contribution in [0.5, 0.6) is 5.75 Å². The summed E-state index contributed by atoms with van der Waals surface area (Å²) in [6.07, 6.45) is 0. The number of nitrogens with one attached hydrogen (secondary N) is 3. The Bertz CT molecular complexity index is 1300. The van der Waals surface area contributed by atoms with E-state index in [1.54, 1.807) is 24.3 Å². The highest BCUT2D eigenvalue weighted by atomic mass is 16.5. The van der Waals surface area contributed by atoms with Crippen molar-refractivity contribution >= 4 is 28.7 Å². The molecule has 3 N–H and O–H groups in total. The van der Waals surface area contributed by atoms with Crippen molar-refractivity contribution in [1.29, 1.82) is 0 Å². The van der Waals surface area contributed by atoms with Gasteiger partial charge in [0, 0.05) is 25.6 Å². The molecular formula is C25H25N5O4. The molecule has 9 nitrogen and oxygen atoms in total. The van der Waals surface area contributed by atoms with Crippen molar-refractivity contribution in [3.05, 3.63) is 71.9 Å². The molecule has 0 aliphatic carbocycles. The number of carbonyl (C=O) groups is 2. The Labute approximate surface area is 196 Å². The maximum atomic E-state index is 11.8. The van der Waals surface area contributed by atoms with Crippen LogP contribution >= 0.6 is 0 Å². The van der Waals surface area contributed by atoms with Gasteiger partial charge in [0.15, 0.2) is 5.82 Å². The Kier molecular flexibility index (Phi) is 7.02. The normalized spacial score (nSPS) is 10.6. The number of ether oxygens (including phenoxy) is 2. The van der Waals surface area contributed by atoms with E-state index in [1.165, 1.54) is 14.0 Å². The van der Waals surface area contributed by atoms with Crippen LogP contribution in [-0.2, 0) is 16.1 Å². The lowest BCUT2D eigenvalue weighted by Crippen LogP contribution is -2.26. The molecule has 0 saturated carbocycles. The van der Waals surface area contributed by atoms with E-state index in [2.05, 4.69) is 15.6 Å². The Hall–Kier alpha value is -4.40. The maximum Gasteiger partial charge on any atom is 0.337 e. The number of amides is 1. The van der Waals surface area contributed by atoms with Crippen molar-refractivity contribution in [1.82, 2.24) is 20.3 Å². The molecule has 2 aromatic heterocycles. The molecule has 0 spiro atoms. The number of rotatable bonds is 9. The second-order valence-electron chi connectivity index (χ2n) is 7.54. The molecule has 0 bridgehead atoms. The number of nitrogens with zero attached hydrogens (tertiary/aromatic N) is 2. The molecule has 0 saturated heterocycles. The number of anilines is 1. The van der Waals surface area contributed by atoms with Gasteiger partial charge in [-0.15, -0.1) is 0 Å².